The number of nitrogens with one attached hydrogen (secondary N) is 1. The summed E-state index contributed by atoms with van der Waals surface area (Å²) >= 11 is 0. The first-order valence-electron chi connectivity index (χ1n) is 8.05. The molecule has 4 rings (SSSR count). The van der Waals surface area contributed by atoms with Crippen molar-refractivity contribution in [3.05, 3.63) is 83.8 Å². The third-order valence-electron chi connectivity index (χ3n) is 4.25. The van der Waals surface area contributed by atoms with Crippen molar-refractivity contribution in [1.29, 1.82) is 0 Å². The second-order valence-electron chi connectivity index (χ2n) is 5.95. The van der Waals surface area contributed by atoms with E-state index in [4.69, 9.17) is 5.73 Å². The number of hydrogen-bond acceptors (Lipinski definition) is 3. The predicted molar refractivity (Wildman–Crippen MR) is 94.7 cm³/mol. The number of rotatable bonds is 4. The third kappa shape index (κ3) is 3.51. The van der Waals surface area contributed by atoms with Gasteiger partial charge in [0.1, 0.15) is 13.2 Å². The minimum atomic E-state index is 0. The van der Waals surface area contributed by atoms with Crippen LogP contribution in [0.3, 0.4) is 0 Å². The molecular weight excluding hydrogens is 334 g/mol. The average molecular weight is 354 g/mol. The van der Waals surface area contributed by atoms with Crippen LogP contribution >= 0.6 is 0 Å². The summed E-state index contributed by atoms with van der Waals surface area (Å²) in [6.07, 6.45) is 1.98. The normalized spacial score (nSPS) is 13.0. The van der Waals surface area contributed by atoms with Crippen LogP contribution in [0, 0.1) is 0 Å². The van der Waals surface area contributed by atoms with Gasteiger partial charge in [0.15, 0.2) is 5.84 Å². The van der Waals surface area contributed by atoms with Crippen molar-refractivity contribution in [1.82, 2.24) is 4.98 Å². The number of H-pyrrole nitrogens is 1. The van der Waals surface area contributed by atoms with Gasteiger partial charge in [0.2, 0.25) is 17.8 Å². The van der Waals surface area contributed by atoms with Crippen molar-refractivity contribution in [2.24, 2.45) is 10.7 Å². The molecule has 3 N–H and O–H groups in total. The standard InChI is InChI=1S/C19H19N5.ClH/c20-18-17-19(22-14-23(17)11-15-7-3-1-4-8-15)24(13-21-18)12-16-9-5-2-6-10-16;/h1-10,14H,11-13H2,(H2,20,21);1H. The van der Waals surface area contributed by atoms with Crippen LogP contribution in [0.5, 0.6) is 0 Å². The highest BCUT2D eigenvalue weighted by molar-refractivity contribution is 5.99. The molecule has 0 saturated heterocycles. The maximum atomic E-state index is 6.18. The number of benzene rings is 2. The molecule has 3 aromatic rings. The Bertz CT molecular complexity index is 858. The SMILES string of the molecule is NC1=NCN(Cc2ccccc2)c2[nH]c[n+](Cc3ccccc3)c21.[Cl-]. The second-order valence-corrected chi connectivity index (χ2v) is 5.95. The second kappa shape index (κ2) is 7.40. The van der Waals surface area contributed by atoms with E-state index in [9.17, 15) is 0 Å². The summed E-state index contributed by atoms with van der Waals surface area (Å²) in [6.45, 7) is 2.14. The maximum Gasteiger partial charge on any atom is 0.248 e. The molecule has 1 aromatic heterocycles. The summed E-state index contributed by atoms with van der Waals surface area (Å²) in [7, 11) is 0. The molecule has 1 aliphatic rings. The lowest BCUT2D eigenvalue weighted by atomic mass is 10.2. The molecule has 25 heavy (non-hydrogen) atoms. The topological polar surface area (TPSA) is 61.3 Å². The minimum absolute atomic E-state index is 0. The lowest BCUT2D eigenvalue weighted by Gasteiger charge is -2.23. The van der Waals surface area contributed by atoms with Gasteiger partial charge in [-0.2, -0.15) is 0 Å². The molecule has 0 aliphatic carbocycles. The number of amidine groups is 1. The van der Waals surface area contributed by atoms with Crippen molar-refractivity contribution >= 4 is 11.7 Å². The first-order chi connectivity index (χ1) is 11.8. The molecule has 0 unspecified atom stereocenters. The van der Waals surface area contributed by atoms with Crippen LogP contribution < -0.4 is 27.6 Å². The van der Waals surface area contributed by atoms with Gasteiger partial charge in [0.25, 0.3) is 0 Å². The number of aromatic amines is 1. The van der Waals surface area contributed by atoms with Gasteiger partial charge in [0.05, 0.1) is 0 Å². The smallest absolute Gasteiger partial charge is 0.248 e. The zero-order valence-corrected chi connectivity index (χ0v) is 14.5. The van der Waals surface area contributed by atoms with E-state index in [1.807, 2.05) is 30.6 Å². The molecule has 0 spiro atoms. The van der Waals surface area contributed by atoms with Crippen LogP contribution in [0.25, 0.3) is 0 Å². The van der Waals surface area contributed by atoms with Crippen molar-refractivity contribution in [2.45, 2.75) is 13.1 Å². The zero-order chi connectivity index (χ0) is 16.4. The van der Waals surface area contributed by atoms with Crippen molar-refractivity contribution in [3.63, 3.8) is 0 Å². The summed E-state index contributed by atoms with van der Waals surface area (Å²) in [5.74, 6) is 1.62. The van der Waals surface area contributed by atoms with Gasteiger partial charge in [-0.25, -0.2) is 14.5 Å². The van der Waals surface area contributed by atoms with E-state index in [1.54, 1.807) is 0 Å². The Morgan fingerprint density at radius 3 is 2.32 bits per heavy atom. The van der Waals surface area contributed by atoms with E-state index in [0.717, 1.165) is 24.6 Å². The molecule has 0 amide bonds. The van der Waals surface area contributed by atoms with Gasteiger partial charge >= 0.3 is 0 Å². The molecule has 5 nitrogen and oxygen atoms in total. The first-order valence-corrected chi connectivity index (χ1v) is 8.05. The first kappa shape index (κ1) is 17.0. The van der Waals surface area contributed by atoms with Gasteiger partial charge in [-0.15, -0.1) is 0 Å². The molecule has 0 radical (unpaired) electrons. The molecule has 1 aliphatic heterocycles. The number of aromatic nitrogens is 2. The maximum absolute atomic E-state index is 6.18. The van der Waals surface area contributed by atoms with Crippen molar-refractivity contribution < 1.29 is 17.0 Å². The van der Waals surface area contributed by atoms with Crippen LogP contribution in [0.15, 0.2) is 72.0 Å². The molecule has 2 heterocycles. The predicted octanol–water partition coefficient (Wildman–Crippen LogP) is -0.962. The summed E-state index contributed by atoms with van der Waals surface area (Å²) in [6, 6.07) is 20.8. The number of hydrogen-bond donors (Lipinski definition) is 2. The minimum Gasteiger partial charge on any atom is -1.00 e. The Hall–Kier alpha value is -2.79. The monoisotopic (exact) mass is 353 g/mol. The van der Waals surface area contributed by atoms with Gasteiger partial charge in [-0.05, 0) is 11.1 Å². The Balaban J connectivity index is 0.00000182. The molecule has 2 aromatic carbocycles. The number of nitrogens with two attached hydrogens (primary N) is 1. The number of nitrogens with zero attached hydrogens (tertiary/aromatic N) is 3. The highest BCUT2D eigenvalue weighted by atomic mass is 35.5. The molecule has 0 saturated carbocycles. The van der Waals surface area contributed by atoms with E-state index in [0.29, 0.717) is 12.5 Å². The summed E-state index contributed by atoms with van der Waals surface area (Å²) in [5, 5.41) is 0. The van der Waals surface area contributed by atoms with Crippen LogP contribution in [0.2, 0.25) is 0 Å². The largest absolute Gasteiger partial charge is 1.00 e. The summed E-state index contributed by atoms with van der Waals surface area (Å²) in [5.41, 5.74) is 9.63. The molecule has 0 atom stereocenters. The number of anilines is 1. The van der Waals surface area contributed by atoms with Gasteiger partial charge in [-0.3, -0.25) is 0 Å². The molecule has 128 valence electrons. The Morgan fingerprint density at radius 2 is 1.64 bits per heavy atom. The molecule has 6 heteroatoms. The molecular formula is C19H20ClN5. The average Bonchev–Trinajstić information content (AvgIpc) is 3.04. The lowest BCUT2D eigenvalue weighted by molar-refractivity contribution is -0.688. The Morgan fingerprint density at radius 1 is 1.00 bits per heavy atom. The molecule has 0 fully saturated rings. The van der Waals surface area contributed by atoms with E-state index in [2.05, 4.69) is 55.8 Å². The summed E-state index contributed by atoms with van der Waals surface area (Å²) in [4.78, 5) is 10.1. The van der Waals surface area contributed by atoms with E-state index < -0.39 is 0 Å². The van der Waals surface area contributed by atoms with E-state index in [1.165, 1.54) is 11.1 Å². The zero-order valence-electron chi connectivity index (χ0n) is 13.8. The Labute approximate surface area is 153 Å². The fourth-order valence-corrected chi connectivity index (χ4v) is 3.06. The van der Waals surface area contributed by atoms with Gasteiger partial charge in [0, 0.05) is 6.54 Å². The van der Waals surface area contributed by atoms with E-state index in [-0.39, 0.29) is 12.4 Å². The lowest BCUT2D eigenvalue weighted by Crippen LogP contribution is -3.00. The van der Waals surface area contributed by atoms with Gasteiger partial charge < -0.3 is 23.0 Å². The number of halogens is 1. The highest BCUT2D eigenvalue weighted by Gasteiger charge is 2.29. The number of aliphatic imine (C=N–C) groups is 1. The third-order valence-corrected chi connectivity index (χ3v) is 4.25. The Kier molecular flexibility index (Phi) is 5.05. The fourth-order valence-electron chi connectivity index (χ4n) is 3.06. The van der Waals surface area contributed by atoms with Crippen LogP contribution in [-0.4, -0.2) is 17.5 Å². The van der Waals surface area contributed by atoms with Crippen molar-refractivity contribution in [2.75, 3.05) is 11.6 Å². The summed E-state index contributed by atoms with van der Waals surface area (Å²) < 4.78 is 2.13. The highest BCUT2D eigenvalue weighted by Crippen LogP contribution is 2.21. The number of imidazole rings is 1. The van der Waals surface area contributed by atoms with Crippen LogP contribution in [0.1, 0.15) is 16.8 Å². The van der Waals surface area contributed by atoms with Crippen LogP contribution in [0.4, 0.5) is 5.82 Å². The van der Waals surface area contributed by atoms with Crippen molar-refractivity contribution in [3.8, 4) is 0 Å². The van der Waals surface area contributed by atoms with E-state index >= 15 is 0 Å². The van der Waals surface area contributed by atoms with Gasteiger partial charge in [-0.1, -0.05) is 60.7 Å². The molecule has 0 bridgehead atoms. The van der Waals surface area contributed by atoms with Crippen LogP contribution in [-0.2, 0) is 13.1 Å². The fraction of sp³-hybridized carbons (Fsp3) is 0.158. The number of fused-ring (bicyclic) bond motifs is 1. The quantitative estimate of drug-likeness (QED) is 0.593.